The molecular formula is C32H27N3O3S2. The number of benzene rings is 4. The number of hydrogen-bond acceptors (Lipinski definition) is 5. The third-order valence-electron chi connectivity index (χ3n) is 7.09. The summed E-state index contributed by atoms with van der Waals surface area (Å²) in [4.78, 5) is 19.6. The molecule has 6 rings (SSSR count). The topological polar surface area (TPSA) is 79.4 Å². The first kappa shape index (κ1) is 26.0. The van der Waals surface area contributed by atoms with E-state index in [1.807, 2.05) is 85.8 Å². The van der Waals surface area contributed by atoms with Gasteiger partial charge in [-0.15, -0.1) is 11.3 Å². The number of hydrogen-bond donors (Lipinski definition) is 1. The molecule has 0 radical (unpaired) electrons. The number of nitrogens with one attached hydrogen (secondary N) is 1. The predicted molar refractivity (Wildman–Crippen MR) is 160 cm³/mol. The first-order valence-electron chi connectivity index (χ1n) is 13.0. The largest absolute Gasteiger partial charge is 0.301 e. The third kappa shape index (κ3) is 4.92. The van der Waals surface area contributed by atoms with Crippen molar-refractivity contribution in [2.45, 2.75) is 24.2 Å². The molecule has 0 fully saturated rings. The van der Waals surface area contributed by atoms with Crippen LogP contribution in [0.25, 0.3) is 11.3 Å². The quantitative estimate of drug-likeness (QED) is 0.240. The van der Waals surface area contributed by atoms with Gasteiger partial charge in [0, 0.05) is 17.0 Å². The van der Waals surface area contributed by atoms with Crippen molar-refractivity contribution >= 4 is 38.1 Å². The van der Waals surface area contributed by atoms with Crippen molar-refractivity contribution in [3.05, 3.63) is 131 Å². The van der Waals surface area contributed by atoms with Crippen LogP contribution in [0.2, 0.25) is 0 Å². The minimum atomic E-state index is -3.63. The highest BCUT2D eigenvalue weighted by Crippen LogP contribution is 2.38. The molecule has 40 heavy (non-hydrogen) atoms. The fraction of sp³-hybridized carbons (Fsp3) is 0.125. The second kappa shape index (κ2) is 10.7. The van der Waals surface area contributed by atoms with Gasteiger partial charge in [0.2, 0.25) is 5.91 Å². The summed E-state index contributed by atoms with van der Waals surface area (Å²) >= 11 is 1.43. The molecule has 0 saturated heterocycles. The molecule has 5 aromatic rings. The maximum absolute atomic E-state index is 13.6. The third-order valence-corrected chi connectivity index (χ3v) is 9.81. The van der Waals surface area contributed by atoms with Crippen molar-refractivity contribution in [2.75, 3.05) is 16.2 Å². The van der Waals surface area contributed by atoms with Gasteiger partial charge in [-0.1, -0.05) is 84.9 Å². The van der Waals surface area contributed by atoms with Crippen molar-refractivity contribution in [1.82, 2.24) is 4.98 Å². The molecule has 1 N–H and O–H groups in total. The number of nitrogens with zero attached hydrogens (tertiary/aromatic N) is 2. The van der Waals surface area contributed by atoms with Crippen LogP contribution < -0.4 is 9.62 Å². The lowest BCUT2D eigenvalue weighted by Crippen LogP contribution is -2.29. The lowest BCUT2D eigenvalue weighted by Gasteiger charge is -2.19. The van der Waals surface area contributed by atoms with Crippen LogP contribution in [-0.2, 0) is 21.2 Å². The van der Waals surface area contributed by atoms with Gasteiger partial charge in [-0.25, -0.2) is 13.4 Å². The van der Waals surface area contributed by atoms with Crippen LogP contribution in [0.5, 0.6) is 0 Å². The predicted octanol–water partition coefficient (Wildman–Crippen LogP) is 6.64. The average molecular weight is 566 g/mol. The van der Waals surface area contributed by atoms with Crippen molar-refractivity contribution < 1.29 is 13.2 Å². The molecule has 8 heteroatoms. The number of fused-ring (bicyclic) bond motifs is 1. The Morgan fingerprint density at radius 1 is 0.875 bits per heavy atom. The minimum absolute atomic E-state index is 0.145. The normalized spacial score (nSPS) is 12.9. The summed E-state index contributed by atoms with van der Waals surface area (Å²) < 4.78 is 28.0. The van der Waals surface area contributed by atoms with Gasteiger partial charge in [0.05, 0.1) is 22.2 Å². The first-order chi connectivity index (χ1) is 19.4. The minimum Gasteiger partial charge on any atom is -0.301 e. The van der Waals surface area contributed by atoms with Gasteiger partial charge in [-0.3, -0.25) is 9.10 Å². The van der Waals surface area contributed by atoms with E-state index in [2.05, 4.69) is 5.32 Å². The summed E-state index contributed by atoms with van der Waals surface area (Å²) in [6, 6.07) is 33.7. The summed E-state index contributed by atoms with van der Waals surface area (Å²) in [7, 11) is -3.63. The molecule has 1 amide bonds. The molecule has 200 valence electrons. The highest BCUT2D eigenvalue weighted by Gasteiger charge is 2.31. The standard InChI is InChI=1S/C32H27N3O3S2/c1-22-30(26-17-18-28-25(21-26)19-20-35(28)40(37,38)27-15-9-4-10-16-27)33-32(39-22)34-31(36)29(23-11-5-2-6-12-23)24-13-7-3-8-14-24/h2-18,21,29H,19-20H2,1H3,(H,33,34,36). The summed E-state index contributed by atoms with van der Waals surface area (Å²) in [6.07, 6.45) is 0.623. The van der Waals surface area contributed by atoms with Crippen LogP contribution in [-0.4, -0.2) is 25.9 Å². The Hall–Kier alpha value is -4.27. The van der Waals surface area contributed by atoms with Gasteiger partial charge in [-0.2, -0.15) is 0 Å². The molecule has 6 nitrogen and oxygen atoms in total. The zero-order valence-corrected chi connectivity index (χ0v) is 23.5. The molecular weight excluding hydrogens is 539 g/mol. The lowest BCUT2D eigenvalue weighted by atomic mass is 9.90. The average Bonchev–Trinajstić information content (AvgIpc) is 3.58. The second-order valence-corrected chi connectivity index (χ2v) is 12.7. The zero-order valence-electron chi connectivity index (χ0n) is 21.8. The van der Waals surface area contributed by atoms with Crippen molar-refractivity contribution in [3.63, 3.8) is 0 Å². The van der Waals surface area contributed by atoms with Gasteiger partial charge in [0.15, 0.2) is 5.13 Å². The molecule has 0 saturated carbocycles. The van der Waals surface area contributed by atoms with Crippen LogP contribution >= 0.6 is 11.3 Å². The van der Waals surface area contributed by atoms with Gasteiger partial charge < -0.3 is 5.32 Å². The summed E-state index contributed by atoms with van der Waals surface area (Å²) in [5, 5.41) is 3.58. The van der Waals surface area contributed by atoms with Crippen molar-refractivity contribution in [2.24, 2.45) is 0 Å². The SMILES string of the molecule is Cc1sc(NC(=O)C(c2ccccc2)c2ccccc2)nc1-c1ccc2c(c1)CCN2S(=O)(=O)c1ccccc1. The van der Waals surface area contributed by atoms with Crippen LogP contribution in [0.1, 0.15) is 27.5 Å². The molecule has 1 aromatic heterocycles. The van der Waals surface area contributed by atoms with Crippen molar-refractivity contribution in [1.29, 1.82) is 0 Å². The Morgan fingerprint density at radius 2 is 1.48 bits per heavy atom. The number of anilines is 2. The number of amides is 1. The number of aryl methyl sites for hydroxylation is 1. The molecule has 0 aliphatic carbocycles. The van der Waals surface area contributed by atoms with Crippen molar-refractivity contribution in [3.8, 4) is 11.3 Å². The number of carbonyl (C=O) groups excluding carboxylic acids is 1. The molecule has 0 atom stereocenters. The number of sulfonamides is 1. The van der Waals surface area contributed by atoms with Gasteiger partial charge >= 0.3 is 0 Å². The number of aromatic nitrogens is 1. The van der Waals surface area contributed by atoms with E-state index in [0.717, 1.165) is 32.8 Å². The second-order valence-electron chi connectivity index (χ2n) is 9.65. The summed E-state index contributed by atoms with van der Waals surface area (Å²) in [6.45, 7) is 2.38. The van der Waals surface area contributed by atoms with Gasteiger partial charge in [0.25, 0.3) is 10.0 Å². The summed E-state index contributed by atoms with van der Waals surface area (Å²) in [5.41, 5.74) is 5.16. The Kier molecular flexibility index (Phi) is 6.96. The van der Waals surface area contributed by atoms with Gasteiger partial charge in [-0.05, 0) is 54.3 Å². The Morgan fingerprint density at radius 3 is 2.10 bits per heavy atom. The van der Waals surface area contributed by atoms with Crippen LogP contribution in [0, 0.1) is 6.92 Å². The molecule has 0 bridgehead atoms. The highest BCUT2D eigenvalue weighted by atomic mass is 32.2. The highest BCUT2D eigenvalue weighted by molar-refractivity contribution is 7.92. The van der Waals surface area contributed by atoms with E-state index in [-0.39, 0.29) is 10.8 Å². The maximum atomic E-state index is 13.6. The Balaban J connectivity index is 1.26. The molecule has 0 unspecified atom stereocenters. The zero-order chi connectivity index (χ0) is 27.7. The van der Waals surface area contributed by atoms with Crippen LogP contribution in [0.15, 0.2) is 114 Å². The number of rotatable bonds is 7. The fourth-order valence-electron chi connectivity index (χ4n) is 5.17. The smallest absolute Gasteiger partial charge is 0.264 e. The molecule has 1 aliphatic rings. The monoisotopic (exact) mass is 565 g/mol. The van der Waals surface area contributed by atoms with Crippen LogP contribution in [0.4, 0.5) is 10.8 Å². The maximum Gasteiger partial charge on any atom is 0.264 e. The van der Waals surface area contributed by atoms with E-state index in [1.54, 1.807) is 30.3 Å². The van der Waals surface area contributed by atoms with E-state index in [0.29, 0.717) is 23.8 Å². The molecule has 0 spiro atoms. The number of thiazole rings is 1. The van der Waals surface area contributed by atoms with E-state index in [9.17, 15) is 13.2 Å². The Bertz CT molecular complexity index is 1730. The molecule has 4 aromatic carbocycles. The molecule has 1 aliphatic heterocycles. The van der Waals surface area contributed by atoms with E-state index in [1.165, 1.54) is 15.6 Å². The number of carbonyl (C=O) groups is 1. The van der Waals surface area contributed by atoms with Crippen LogP contribution in [0.3, 0.4) is 0 Å². The Labute approximate surface area is 238 Å². The van der Waals surface area contributed by atoms with E-state index >= 15 is 0 Å². The van der Waals surface area contributed by atoms with E-state index in [4.69, 9.17) is 4.98 Å². The summed E-state index contributed by atoms with van der Waals surface area (Å²) in [5.74, 6) is -0.610. The first-order valence-corrected chi connectivity index (χ1v) is 15.3. The fourth-order valence-corrected chi connectivity index (χ4v) is 7.53. The lowest BCUT2D eigenvalue weighted by molar-refractivity contribution is -0.116. The molecule has 2 heterocycles. The van der Waals surface area contributed by atoms with Gasteiger partial charge in [0.1, 0.15) is 0 Å². The van der Waals surface area contributed by atoms with E-state index < -0.39 is 15.9 Å².